The largest absolute Gasteiger partial charge is 1.00 e. The van der Waals surface area contributed by atoms with Gasteiger partial charge in [0.05, 0.1) is 0 Å². The van der Waals surface area contributed by atoms with Gasteiger partial charge in [-0.1, -0.05) is 131 Å². The molecule has 0 atom stereocenters. The molecule has 0 aliphatic heterocycles. The second-order valence-corrected chi connectivity index (χ2v) is 21.0. The summed E-state index contributed by atoms with van der Waals surface area (Å²) >= 11 is 13.4. The van der Waals surface area contributed by atoms with Gasteiger partial charge < -0.3 is 24.8 Å². The van der Waals surface area contributed by atoms with Gasteiger partial charge in [0.1, 0.15) is 0 Å². The van der Waals surface area contributed by atoms with Crippen LogP contribution in [0.4, 0.5) is 0 Å². The number of rotatable bonds is 6. The number of fused-ring (bicyclic) bond motifs is 3. The minimum Gasteiger partial charge on any atom is -1.00 e. The molecular formula is C63H54Cl4Zr-2. The van der Waals surface area contributed by atoms with Crippen LogP contribution in [0.3, 0.4) is 0 Å². The van der Waals surface area contributed by atoms with Gasteiger partial charge in [-0.05, 0) is 39.5 Å². The van der Waals surface area contributed by atoms with Crippen molar-refractivity contribution >= 4 is 26.4 Å². The molecule has 0 saturated heterocycles. The van der Waals surface area contributed by atoms with Gasteiger partial charge in [0.2, 0.25) is 0 Å². The topological polar surface area (TPSA) is 0 Å². The molecule has 9 aromatic carbocycles. The van der Waals surface area contributed by atoms with Crippen LogP contribution in [0.2, 0.25) is 10.0 Å². The maximum absolute atomic E-state index is 5.98. The van der Waals surface area contributed by atoms with Crippen molar-refractivity contribution in [1.82, 2.24) is 0 Å². The van der Waals surface area contributed by atoms with Gasteiger partial charge in [-0.3, -0.25) is 0 Å². The van der Waals surface area contributed by atoms with Crippen molar-refractivity contribution in [2.75, 3.05) is 0 Å². The van der Waals surface area contributed by atoms with E-state index < -0.39 is 0 Å². The Balaban J connectivity index is 0.000000199. The maximum atomic E-state index is 5.98. The third kappa shape index (κ3) is 12.6. The fourth-order valence-corrected chi connectivity index (χ4v) is 9.60. The van der Waals surface area contributed by atoms with Gasteiger partial charge in [-0.25, -0.2) is 12.1 Å². The van der Waals surface area contributed by atoms with Crippen LogP contribution >= 0.6 is 23.2 Å². The number of benzene rings is 8. The zero-order valence-electron chi connectivity index (χ0n) is 39.3. The van der Waals surface area contributed by atoms with Crippen LogP contribution in [0.5, 0.6) is 0 Å². The van der Waals surface area contributed by atoms with Gasteiger partial charge in [-0.15, -0.1) is 28.8 Å². The Bertz CT molecular complexity index is 2820. The summed E-state index contributed by atoms with van der Waals surface area (Å²) in [6, 6.07) is 76.2. The molecule has 0 fully saturated rings. The van der Waals surface area contributed by atoms with Crippen LogP contribution in [-0.4, -0.2) is 3.21 Å². The Morgan fingerprint density at radius 1 is 0.456 bits per heavy atom. The Morgan fingerprint density at radius 2 is 0.868 bits per heavy atom. The minimum atomic E-state index is 0. The molecule has 0 nitrogen and oxygen atoms in total. The summed E-state index contributed by atoms with van der Waals surface area (Å²) in [5, 5.41) is 1.52. The Kier molecular flexibility index (Phi) is 17.8. The smallest absolute Gasteiger partial charge is 0.172 e. The van der Waals surface area contributed by atoms with Gasteiger partial charge in [0.15, 0.2) is 0 Å². The molecule has 0 bridgehead atoms. The van der Waals surface area contributed by atoms with E-state index in [0.29, 0.717) is 0 Å². The summed E-state index contributed by atoms with van der Waals surface area (Å²) in [6.07, 6.45) is 0.944. The van der Waals surface area contributed by atoms with Crippen LogP contribution < -0.4 is 24.8 Å². The van der Waals surface area contributed by atoms with E-state index >= 15 is 0 Å². The summed E-state index contributed by atoms with van der Waals surface area (Å²) in [7, 11) is 0. The molecule has 0 spiro atoms. The fraction of sp³-hybridized carbons (Fsp3) is 0.143. The normalized spacial score (nSPS) is 11.3. The van der Waals surface area contributed by atoms with E-state index in [1.165, 1.54) is 116 Å². The van der Waals surface area contributed by atoms with Gasteiger partial charge >= 0.3 is 191 Å². The van der Waals surface area contributed by atoms with E-state index in [1.54, 1.807) is 0 Å². The molecular weight excluding hydrogens is 990 g/mol. The molecule has 5 heteroatoms. The van der Waals surface area contributed by atoms with Crippen molar-refractivity contribution in [1.29, 1.82) is 0 Å². The molecule has 0 radical (unpaired) electrons. The Morgan fingerprint density at radius 3 is 1.28 bits per heavy atom. The maximum Gasteiger partial charge on any atom is -0.172 e. The van der Waals surface area contributed by atoms with E-state index in [1.807, 2.05) is 54.6 Å². The van der Waals surface area contributed by atoms with Crippen LogP contribution in [-0.2, 0) is 41.5 Å². The second kappa shape index (κ2) is 23.1. The average Bonchev–Trinajstić information content (AvgIpc) is 4.04. The standard InChI is InChI=1S/C33H33.C25H16Cl2.C5H5.2ClH.Zr/c1-32(2,3)30-20-26-24(18-28(30)22-13-9-7-10-14-22)17-25-19-29(23-15-11-8-12-16-23)31(21-27(25)26)33(4,5)6;26-24-13-9-22(10-14-24)20-5-1-18(2-6-20)17-19-3-7-21(8-4-19)23-11-15-25(27)16-12-23;1-2-4-5-3-1;;;/h7-16,18,20-21H,17H2,1-6H3;1-16H;1-5H;2*1H;/q-1;;-1;;;+2/p-2. The molecule has 0 heterocycles. The summed E-state index contributed by atoms with van der Waals surface area (Å²) in [5.74, 6) is 0. The van der Waals surface area contributed by atoms with E-state index in [9.17, 15) is 0 Å². The first kappa shape index (κ1) is 52.4. The molecule has 1 aliphatic carbocycles. The molecule has 0 saturated carbocycles. The predicted octanol–water partition coefficient (Wildman–Crippen LogP) is 11.8. The summed E-state index contributed by atoms with van der Waals surface area (Å²) in [4.78, 5) is 0. The average molecular weight is 1040 g/mol. The number of hydrogen-bond donors (Lipinski definition) is 0. The first-order valence-electron chi connectivity index (χ1n) is 22.6. The van der Waals surface area contributed by atoms with E-state index in [4.69, 9.17) is 23.2 Å². The molecule has 0 aromatic heterocycles. The van der Waals surface area contributed by atoms with Crippen LogP contribution in [0.1, 0.15) is 74.9 Å². The molecule has 68 heavy (non-hydrogen) atoms. The summed E-state index contributed by atoms with van der Waals surface area (Å²) in [6.45, 7) is 13.9. The first-order valence-corrected chi connectivity index (χ1v) is 24.6. The van der Waals surface area contributed by atoms with Crippen molar-refractivity contribution in [3.05, 3.63) is 256 Å². The monoisotopic (exact) mass is 1040 g/mol. The van der Waals surface area contributed by atoms with Crippen LogP contribution in [0, 0.1) is 6.07 Å². The molecule has 0 N–H and O–H groups in total. The Hall–Kier alpha value is -4.98. The van der Waals surface area contributed by atoms with Gasteiger partial charge in [-0.2, -0.15) is 18.2 Å². The van der Waals surface area contributed by atoms with Crippen LogP contribution in [0.15, 0.2) is 206 Å². The summed E-state index contributed by atoms with van der Waals surface area (Å²) in [5.41, 5.74) is 20.8. The second-order valence-electron chi connectivity index (χ2n) is 18.9. The zero-order chi connectivity index (χ0) is 46.4. The predicted molar refractivity (Wildman–Crippen MR) is 281 cm³/mol. The number of hydrogen-bond acceptors (Lipinski definition) is 0. The fourth-order valence-electron chi connectivity index (χ4n) is 8.53. The third-order valence-corrected chi connectivity index (χ3v) is 14.0. The van der Waals surface area contributed by atoms with Gasteiger partial charge in [0, 0.05) is 0 Å². The van der Waals surface area contributed by atoms with Crippen molar-refractivity contribution in [3.63, 3.8) is 0 Å². The van der Waals surface area contributed by atoms with Crippen molar-refractivity contribution < 1.29 is 49.0 Å². The van der Waals surface area contributed by atoms with Crippen LogP contribution in [0.25, 0.3) is 55.6 Å². The molecule has 10 rings (SSSR count). The van der Waals surface area contributed by atoms with Crippen molar-refractivity contribution in [3.8, 4) is 55.6 Å². The van der Waals surface area contributed by atoms with Gasteiger partial charge in [0.25, 0.3) is 0 Å². The van der Waals surface area contributed by atoms with E-state index in [2.05, 4.69) is 199 Å². The minimum absolute atomic E-state index is 0. The molecule has 1 aliphatic rings. The first-order chi connectivity index (χ1) is 31.7. The molecule has 340 valence electrons. The Labute approximate surface area is 442 Å². The third-order valence-electron chi connectivity index (χ3n) is 12.1. The summed E-state index contributed by atoms with van der Waals surface area (Å²) < 4.78 is 1.34. The van der Waals surface area contributed by atoms with Crippen molar-refractivity contribution in [2.24, 2.45) is 0 Å². The van der Waals surface area contributed by atoms with E-state index in [-0.39, 0.29) is 35.6 Å². The zero-order valence-corrected chi connectivity index (χ0v) is 44.8. The van der Waals surface area contributed by atoms with Crippen molar-refractivity contribution in [2.45, 2.75) is 58.8 Å². The molecule has 0 unspecified atom stereocenters. The molecule has 0 amide bonds. The van der Waals surface area contributed by atoms with E-state index in [0.717, 1.165) is 16.5 Å². The molecule has 9 aromatic rings. The SMILES string of the molecule is CC(C)(C)c1cc2c([c-]c1-c1ccccc1)Cc1cc(-c3ccccc3)c(C(C)(C)C)cc1-2.Clc1ccc(-c2ccc([C](=[Zr+2])c3ccc(-c4ccc(Cl)cc4)cc3)cc2)cc1.[Cl-].[Cl-].c1cc[cH-]c1. The number of halogens is 4. The quantitative estimate of drug-likeness (QED) is 0.146.